The first-order chi connectivity index (χ1) is 11.5. The summed E-state index contributed by atoms with van der Waals surface area (Å²) in [6.45, 7) is -0.205. The Balaban J connectivity index is 1.55. The van der Waals surface area contributed by atoms with E-state index in [1.165, 1.54) is 24.3 Å². The van der Waals surface area contributed by atoms with E-state index in [4.69, 9.17) is 4.74 Å². The van der Waals surface area contributed by atoms with E-state index in [0.717, 1.165) is 24.2 Å². The van der Waals surface area contributed by atoms with E-state index >= 15 is 0 Å². The first kappa shape index (κ1) is 16.7. The maximum Gasteiger partial charge on any atom is 0.325 e. The predicted octanol–water partition coefficient (Wildman–Crippen LogP) is 1.82. The van der Waals surface area contributed by atoms with Crippen LogP contribution >= 0.6 is 0 Å². The number of halogens is 1. The molecule has 1 spiro atoms. The molecule has 24 heavy (non-hydrogen) atoms. The van der Waals surface area contributed by atoms with E-state index in [2.05, 4.69) is 5.32 Å². The lowest BCUT2D eigenvalue weighted by Gasteiger charge is -2.30. The highest BCUT2D eigenvalue weighted by molar-refractivity contribution is 6.07. The number of β-amino-alcohol motifs (C(OH)–C–C–N with tert-alkyl or cyclic N) is 1. The number of benzene rings is 1. The third-order valence-corrected chi connectivity index (χ3v) is 4.60. The molecule has 1 saturated heterocycles. The van der Waals surface area contributed by atoms with Crippen LogP contribution in [-0.2, 0) is 4.79 Å². The minimum absolute atomic E-state index is 0.0876. The number of hydrogen-bond acceptors (Lipinski definition) is 4. The van der Waals surface area contributed by atoms with Crippen LogP contribution < -0.4 is 10.1 Å². The summed E-state index contributed by atoms with van der Waals surface area (Å²) in [6, 6.07) is 4.96. The quantitative estimate of drug-likeness (QED) is 0.804. The second kappa shape index (κ2) is 6.76. The number of urea groups is 1. The zero-order valence-corrected chi connectivity index (χ0v) is 13.3. The van der Waals surface area contributed by atoms with Crippen LogP contribution in [0.15, 0.2) is 24.3 Å². The van der Waals surface area contributed by atoms with Crippen molar-refractivity contribution in [2.75, 3.05) is 13.2 Å². The van der Waals surface area contributed by atoms with Crippen LogP contribution in [0.3, 0.4) is 0 Å². The Morgan fingerprint density at radius 1 is 1.21 bits per heavy atom. The van der Waals surface area contributed by atoms with Gasteiger partial charge < -0.3 is 15.2 Å². The predicted molar refractivity (Wildman–Crippen MR) is 84.0 cm³/mol. The largest absolute Gasteiger partial charge is 0.491 e. The standard InChI is InChI=1S/C17H21FN2O4/c18-12-4-6-14(7-5-12)24-11-13(21)10-20-15(22)17(19-16(20)23)8-2-1-3-9-17/h4-7,13,21H,1-3,8-11H2,(H,19,23)/t13-/m1/s1. The van der Waals surface area contributed by atoms with Crippen molar-refractivity contribution < 1.29 is 23.8 Å². The minimum Gasteiger partial charge on any atom is -0.491 e. The topological polar surface area (TPSA) is 78.9 Å². The van der Waals surface area contributed by atoms with Gasteiger partial charge in [-0.3, -0.25) is 9.69 Å². The van der Waals surface area contributed by atoms with E-state index in [1.807, 2.05) is 0 Å². The number of nitrogens with one attached hydrogen (secondary N) is 1. The van der Waals surface area contributed by atoms with Crippen molar-refractivity contribution in [3.05, 3.63) is 30.1 Å². The lowest BCUT2D eigenvalue weighted by Crippen LogP contribution is -2.48. The van der Waals surface area contributed by atoms with E-state index in [9.17, 15) is 19.1 Å². The first-order valence-corrected chi connectivity index (χ1v) is 8.21. The van der Waals surface area contributed by atoms with E-state index < -0.39 is 17.7 Å². The molecule has 7 heteroatoms. The molecule has 1 saturated carbocycles. The molecule has 2 fully saturated rings. The number of hydrogen-bond donors (Lipinski definition) is 2. The molecule has 3 amide bonds. The molecule has 130 valence electrons. The maximum absolute atomic E-state index is 12.8. The fourth-order valence-electron chi connectivity index (χ4n) is 3.32. The number of aliphatic hydroxyl groups is 1. The van der Waals surface area contributed by atoms with Crippen molar-refractivity contribution in [1.29, 1.82) is 0 Å². The number of nitrogens with zero attached hydrogens (tertiary/aromatic N) is 1. The van der Waals surface area contributed by atoms with Crippen molar-refractivity contribution in [2.45, 2.75) is 43.7 Å². The second-order valence-corrected chi connectivity index (χ2v) is 6.41. The number of amides is 3. The summed E-state index contributed by atoms with van der Waals surface area (Å²) in [5, 5.41) is 12.9. The molecule has 1 aromatic rings. The van der Waals surface area contributed by atoms with Gasteiger partial charge in [-0.15, -0.1) is 0 Å². The Bertz CT molecular complexity index is 614. The molecule has 2 N–H and O–H groups in total. The summed E-state index contributed by atoms with van der Waals surface area (Å²) in [5.74, 6) is -0.218. The van der Waals surface area contributed by atoms with Gasteiger partial charge in [0.05, 0.1) is 6.54 Å². The highest BCUT2D eigenvalue weighted by Gasteiger charge is 2.51. The minimum atomic E-state index is -1.01. The van der Waals surface area contributed by atoms with Crippen LogP contribution in [0.2, 0.25) is 0 Å². The molecular weight excluding hydrogens is 315 g/mol. The average molecular weight is 336 g/mol. The maximum atomic E-state index is 12.8. The summed E-state index contributed by atoms with van der Waals surface area (Å²) in [4.78, 5) is 25.8. The molecule has 1 aliphatic carbocycles. The van der Waals surface area contributed by atoms with Gasteiger partial charge in [-0.05, 0) is 37.1 Å². The number of carbonyl (C=O) groups excluding carboxylic acids is 2. The van der Waals surface area contributed by atoms with E-state index in [1.54, 1.807) is 0 Å². The third kappa shape index (κ3) is 3.36. The smallest absolute Gasteiger partial charge is 0.325 e. The number of carbonyl (C=O) groups is 2. The Hall–Kier alpha value is -2.15. The lowest BCUT2D eigenvalue weighted by atomic mass is 9.82. The molecule has 6 nitrogen and oxygen atoms in total. The Morgan fingerprint density at radius 3 is 2.54 bits per heavy atom. The van der Waals surface area contributed by atoms with Gasteiger partial charge in [0.25, 0.3) is 5.91 Å². The molecule has 1 atom stereocenters. The van der Waals surface area contributed by atoms with Gasteiger partial charge in [0.2, 0.25) is 0 Å². The fraction of sp³-hybridized carbons (Fsp3) is 0.529. The van der Waals surface area contributed by atoms with Crippen LogP contribution in [0.5, 0.6) is 5.75 Å². The van der Waals surface area contributed by atoms with Gasteiger partial charge in [0.15, 0.2) is 0 Å². The van der Waals surface area contributed by atoms with E-state index in [0.29, 0.717) is 18.6 Å². The SMILES string of the molecule is O=C1NC2(CCCCC2)C(=O)N1C[C@@H](O)COc1ccc(F)cc1. The number of imide groups is 1. The number of rotatable bonds is 5. The highest BCUT2D eigenvalue weighted by atomic mass is 19.1. The van der Waals surface area contributed by atoms with Crippen molar-refractivity contribution in [1.82, 2.24) is 10.2 Å². The summed E-state index contributed by atoms with van der Waals surface area (Å²) in [5.41, 5.74) is -0.785. The first-order valence-electron chi connectivity index (χ1n) is 8.21. The van der Waals surface area contributed by atoms with Crippen LogP contribution in [0.4, 0.5) is 9.18 Å². The molecule has 1 heterocycles. The summed E-state index contributed by atoms with van der Waals surface area (Å²) in [7, 11) is 0. The zero-order valence-electron chi connectivity index (χ0n) is 13.3. The molecule has 0 bridgehead atoms. The van der Waals surface area contributed by atoms with Crippen molar-refractivity contribution in [2.24, 2.45) is 0 Å². The summed E-state index contributed by atoms with van der Waals surface area (Å²) < 4.78 is 18.2. The van der Waals surface area contributed by atoms with Gasteiger partial charge >= 0.3 is 6.03 Å². The van der Waals surface area contributed by atoms with Crippen molar-refractivity contribution >= 4 is 11.9 Å². The van der Waals surface area contributed by atoms with E-state index in [-0.39, 0.29) is 24.9 Å². The molecule has 2 aliphatic rings. The van der Waals surface area contributed by atoms with Gasteiger partial charge in [0.1, 0.15) is 29.8 Å². The van der Waals surface area contributed by atoms with Gasteiger partial charge in [-0.2, -0.15) is 0 Å². The molecule has 0 unspecified atom stereocenters. The molecule has 3 rings (SSSR count). The molecule has 0 aromatic heterocycles. The van der Waals surface area contributed by atoms with Crippen molar-refractivity contribution in [3.8, 4) is 5.75 Å². The Labute approximate surface area is 139 Å². The lowest BCUT2D eigenvalue weighted by molar-refractivity contribution is -0.133. The van der Waals surface area contributed by atoms with Gasteiger partial charge in [0, 0.05) is 0 Å². The fourth-order valence-corrected chi connectivity index (χ4v) is 3.32. The molecule has 1 aromatic carbocycles. The van der Waals surface area contributed by atoms with Crippen molar-refractivity contribution in [3.63, 3.8) is 0 Å². The Kier molecular flexibility index (Phi) is 4.71. The molecule has 1 aliphatic heterocycles. The average Bonchev–Trinajstić information content (AvgIpc) is 2.79. The zero-order chi connectivity index (χ0) is 17.2. The number of aliphatic hydroxyl groups excluding tert-OH is 1. The van der Waals surface area contributed by atoms with Gasteiger partial charge in [-0.1, -0.05) is 19.3 Å². The summed E-state index contributed by atoms with van der Waals surface area (Å²) in [6.07, 6.45) is 3.18. The van der Waals surface area contributed by atoms with Crippen LogP contribution in [-0.4, -0.2) is 46.7 Å². The van der Waals surface area contributed by atoms with Crippen LogP contribution in [0.1, 0.15) is 32.1 Å². The normalized spacial score (nSPS) is 21.0. The monoisotopic (exact) mass is 336 g/mol. The second-order valence-electron chi connectivity index (χ2n) is 6.41. The highest BCUT2D eigenvalue weighted by Crippen LogP contribution is 2.33. The van der Waals surface area contributed by atoms with Gasteiger partial charge in [-0.25, -0.2) is 9.18 Å². The summed E-state index contributed by atoms with van der Waals surface area (Å²) >= 11 is 0. The molecular formula is C17H21FN2O4. The third-order valence-electron chi connectivity index (χ3n) is 4.60. The Morgan fingerprint density at radius 2 is 1.88 bits per heavy atom. The molecule has 0 radical (unpaired) electrons. The van der Waals surface area contributed by atoms with Crippen LogP contribution in [0, 0.1) is 5.82 Å². The van der Waals surface area contributed by atoms with Crippen LogP contribution in [0.25, 0.3) is 0 Å². The number of ether oxygens (including phenoxy) is 1.